The molecule has 0 spiro atoms. The first-order valence-corrected chi connectivity index (χ1v) is 6.28. The lowest BCUT2D eigenvalue weighted by atomic mass is 10.2. The van der Waals surface area contributed by atoms with E-state index in [2.05, 4.69) is 45.3 Å². The molecule has 0 aliphatic carbocycles. The molecule has 0 aliphatic rings. The van der Waals surface area contributed by atoms with Gasteiger partial charge in [0.1, 0.15) is 0 Å². The Kier molecular flexibility index (Phi) is 3.38. The average Bonchev–Trinajstić information content (AvgIpc) is 2.66. The molecule has 0 fully saturated rings. The van der Waals surface area contributed by atoms with Crippen LogP contribution in [-0.2, 0) is 0 Å². The Morgan fingerprint density at radius 3 is 2.87 bits per heavy atom. The van der Waals surface area contributed by atoms with Crippen molar-refractivity contribution in [2.75, 3.05) is 5.32 Å². The van der Waals surface area contributed by atoms with Gasteiger partial charge < -0.3 is 5.32 Å². The quantitative estimate of drug-likeness (QED) is 0.918. The molecule has 2 nitrogen and oxygen atoms in total. The van der Waals surface area contributed by atoms with Gasteiger partial charge in [-0.15, -0.1) is 11.3 Å². The molecule has 0 saturated heterocycles. The van der Waals surface area contributed by atoms with Crippen molar-refractivity contribution in [3.05, 3.63) is 45.3 Å². The van der Waals surface area contributed by atoms with Crippen molar-refractivity contribution >= 4 is 33.0 Å². The number of hydrogen-bond acceptors (Lipinski definition) is 3. The van der Waals surface area contributed by atoms with Crippen molar-refractivity contribution in [3.8, 4) is 0 Å². The molecule has 4 heteroatoms. The molecule has 0 saturated carbocycles. The highest BCUT2D eigenvalue weighted by Gasteiger charge is 2.07. The summed E-state index contributed by atoms with van der Waals surface area (Å²) >= 11 is 5.21. The molecule has 2 aromatic heterocycles. The second kappa shape index (κ2) is 4.77. The van der Waals surface area contributed by atoms with Gasteiger partial charge in [-0.05, 0) is 47.1 Å². The van der Waals surface area contributed by atoms with Crippen LogP contribution in [0.5, 0.6) is 0 Å². The van der Waals surface area contributed by atoms with Gasteiger partial charge in [0.25, 0.3) is 0 Å². The fraction of sp³-hybridized carbons (Fsp3) is 0.182. The Balaban J connectivity index is 2.07. The van der Waals surface area contributed by atoms with Crippen molar-refractivity contribution in [1.82, 2.24) is 4.98 Å². The number of aromatic nitrogens is 1. The van der Waals surface area contributed by atoms with E-state index in [9.17, 15) is 0 Å². The van der Waals surface area contributed by atoms with E-state index in [0.717, 1.165) is 9.47 Å². The molecular weight excluding hydrogens is 272 g/mol. The number of thiophene rings is 1. The Labute approximate surface area is 101 Å². The monoisotopic (exact) mass is 282 g/mol. The van der Waals surface area contributed by atoms with Gasteiger partial charge in [-0.2, -0.15) is 0 Å². The van der Waals surface area contributed by atoms with Crippen molar-refractivity contribution in [3.63, 3.8) is 0 Å². The minimum Gasteiger partial charge on any atom is -0.376 e. The molecule has 2 heterocycles. The van der Waals surface area contributed by atoms with E-state index in [-0.39, 0.29) is 0 Å². The maximum Gasteiger partial charge on any atom is 0.0702 e. The third-order valence-electron chi connectivity index (χ3n) is 2.07. The Morgan fingerprint density at radius 1 is 1.40 bits per heavy atom. The minimum atomic E-state index is 0.311. The molecule has 0 amide bonds. The van der Waals surface area contributed by atoms with E-state index in [1.54, 1.807) is 17.5 Å². The molecule has 2 aromatic rings. The molecule has 1 unspecified atom stereocenters. The van der Waals surface area contributed by atoms with Crippen LogP contribution in [-0.4, -0.2) is 4.98 Å². The van der Waals surface area contributed by atoms with Crippen LogP contribution in [0.3, 0.4) is 0 Å². The number of rotatable bonds is 3. The Bertz CT molecular complexity index is 427. The molecule has 1 atom stereocenters. The fourth-order valence-corrected chi connectivity index (χ4v) is 2.76. The molecule has 0 aliphatic heterocycles. The third-order valence-corrected chi connectivity index (χ3v) is 3.87. The van der Waals surface area contributed by atoms with Crippen LogP contribution >= 0.6 is 27.3 Å². The second-order valence-electron chi connectivity index (χ2n) is 3.25. The maximum absolute atomic E-state index is 4.07. The van der Waals surface area contributed by atoms with Crippen LogP contribution in [0.2, 0.25) is 0 Å². The molecule has 0 bridgehead atoms. The van der Waals surface area contributed by atoms with Gasteiger partial charge >= 0.3 is 0 Å². The highest BCUT2D eigenvalue weighted by atomic mass is 79.9. The summed E-state index contributed by atoms with van der Waals surface area (Å²) < 4.78 is 1.16. The van der Waals surface area contributed by atoms with Crippen molar-refractivity contribution in [2.24, 2.45) is 0 Å². The van der Waals surface area contributed by atoms with Crippen LogP contribution in [0.25, 0.3) is 0 Å². The molecule has 2 rings (SSSR count). The topological polar surface area (TPSA) is 24.9 Å². The molecule has 0 aromatic carbocycles. The van der Waals surface area contributed by atoms with E-state index in [1.165, 1.54) is 4.88 Å². The third kappa shape index (κ3) is 2.79. The van der Waals surface area contributed by atoms with Crippen LogP contribution < -0.4 is 5.32 Å². The summed E-state index contributed by atoms with van der Waals surface area (Å²) in [5, 5.41) is 3.40. The van der Waals surface area contributed by atoms with Crippen molar-refractivity contribution in [2.45, 2.75) is 13.0 Å². The van der Waals surface area contributed by atoms with Crippen LogP contribution in [0.1, 0.15) is 17.8 Å². The molecule has 15 heavy (non-hydrogen) atoms. The lowest BCUT2D eigenvalue weighted by molar-refractivity contribution is 0.906. The highest BCUT2D eigenvalue weighted by Crippen LogP contribution is 2.28. The average molecular weight is 283 g/mol. The number of nitrogens with one attached hydrogen (secondary N) is 1. The molecule has 1 N–H and O–H groups in total. The second-order valence-corrected chi connectivity index (χ2v) is 5.74. The lowest BCUT2D eigenvalue weighted by Crippen LogP contribution is -2.04. The number of hydrogen-bond donors (Lipinski definition) is 1. The van der Waals surface area contributed by atoms with Crippen LogP contribution in [0.15, 0.2) is 40.4 Å². The minimum absolute atomic E-state index is 0.311. The lowest BCUT2D eigenvalue weighted by Gasteiger charge is -2.12. The Morgan fingerprint density at radius 2 is 2.27 bits per heavy atom. The summed E-state index contributed by atoms with van der Waals surface area (Å²) in [7, 11) is 0. The van der Waals surface area contributed by atoms with E-state index in [1.807, 2.05) is 18.3 Å². The highest BCUT2D eigenvalue weighted by molar-refractivity contribution is 9.11. The molecule has 0 radical (unpaired) electrons. The van der Waals surface area contributed by atoms with E-state index >= 15 is 0 Å². The Hall–Kier alpha value is -0.870. The zero-order chi connectivity index (χ0) is 10.7. The predicted molar refractivity (Wildman–Crippen MR) is 68.3 cm³/mol. The van der Waals surface area contributed by atoms with Gasteiger partial charge in [0, 0.05) is 17.3 Å². The van der Waals surface area contributed by atoms with E-state index in [4.69, 9.17) is 0 Å². The zero-order valence-electron chi connectivity index (χ0n) is 8.27. The summed E-state index contributed by atoms with van der Waals surface area (Å²) in [5.41, 5.74) is 1.05. The number of nitrogens with zero attached hydrogens (tertiary/aromatic N) is 1. The van der Waals surface area contributed by atoms with E-state index < -0.39 is 0 Å². The van der Waals surface area contributed by atoms with Gasteiger partial charge in [-0.1, -0.05) is 0 Å². The number of halogens is 1. The largest absolute Gasteiger partial charge is 0.376 e. The van der Waals surface area contributed by atoms with Gasteiger partial charge in [-0.3, -0.25) is 4.98 Å². The van der Waals surface area contributed by atoms with Crippen LogP contribution in [0.4, 0.5) is 5.69 Å². The van der Waals surface area contributed by atoms with Crippen molar-refractivity contribution < 1.29 is 0 Å². The summed E-state index contributed by atoms with van der Waals surface area (Å²) in [4.78, 5) is 5.38. The number of anilines is 1. The SMILES string of the molecule is CC(Nc1cccnc1)c1ccc(Br)s1. The predicted octanol–water partition coefficient (Wildman–Crippen LogP) is 4.08. The summed E-state index contributed by atoms with van der Waals surface area (Å²) in [6.45, 7) is 2.14. The normalized spacial score (nSPS) is 12.4. The van der Waals surface area contributed by atoms with Gasteiger partial charge in [0.15, 0.2) is 0 Å². The van der Waals surface area contributed by atoms with Crippen LogP contribution in [0, 0.1) is 0 Å². The molecular formula is C11H11BrN2S. The first kappa shape index (κ1) is 10.6. The van der Waals surface area contributed by atoms with Gasteiger partial charge in [0.05, 0.1) is 15.5 Å². The summed E-state index contributed by atoms with van der Waals surface area (Å²) in [5.74, 6) is 0. The summed E-state index contributed by atoms with van der Waals surface area (Å²) in [6, 6.07) is 8.46. The van der Waals surface area contributed by atoms with E-state index in [0.29, 0.717) is 6.04 Å². The molecule has 78 valence electrons. The van der Waals surface area contributed by atoms with Gasteiger partial charge in [-0.25, -0.2) is 0 Å². The first-order valence-electron chi connectivity index (χ1n) is 4.67. The maximum atomic E-state index is 4.07. The summed E-state index contributed by atoms with van der Waals surface area (Å²) in [6.07, 6.45) is 3.61. The standard InChI is InChI=1S/C11H11BrN2S/c1-8(10-4-5-11(12)15-10)14-9-3-2-6-13-7-9/h2-8,14H,1H3. The smallest absolute Gasteiger partial charge is 0.0702 e. The fourth-order valence-electron chi connectivity index (χ4n) is 1.33. The first-order chi connectivity index (χ1) is 7.25. The van der Waals surface area contributed by atoms with Gasteiger partial charge in [0.2, 0.25) is 0 Å². The zero-order valence-corrected chi connectivity index (χ0v) is 10.7. The van der Waals surface area contributed by atoms with Crippen molar-refractivity contribution in [1.29, 1.82) is 0 Å². The number of pyridine rings is 1.